The lowest BCUT2D eigenvalue weighted by molar-refractivity contribution is -0.118. The van der Waals surface area contributed by atoms with Gasteiger partial charge in [0, 0.05) is 48.2 Å². The second kappa shape index (κ2) is 9.29. The number of nitrogens with one attached hydrogen (secondary N) is 2. The minimum absolute atomic E-state index is 0. The first-order valence-corrected chi connectivity index (χ1v) is 8.83. The van der Waals surface area contributed by atoms with E-state index in [9.17, 15) is 4.79 Å². The highest BCUT2D eigenvalue weighted by atomic mass is 79.9. The molecule has 1 saturated heterocycles. The minimum Gasteiger partial charge on any atom is -0.325 e. The summed E-state index contributed by atoms with van der Waals surface area (Å²) in [5, 5.41) is 6.41. The highest BCUT2D eigenvalue weighted by Crippen LogP contribution is 2.22. The van der Waals surface area contributed by atoms with Gasteiger partial charge in [-0.1, -0.05) is 22.0 Å². The number of carbonyl (C=O) groups excluding carboxylic acids is 1. The van der Waals surface area contributed by atoms with Gasteiger partial charge in [-0.05, 0) is 42.3 Å². The Morgan fingerprint density at radius 3 is 3.00 bits per heavy atom. The van der Waals surface area contributed by atoms with Crippen LogP contribution in [0, 0.1) is 6.92 Å². The predicted molar refractivity (Wildman–Crippen MR) is 106 cm³/mol. The van der Waals surface area contributed by atoms with Gasteiger partial charge < -0.3 is 10.6 Å². The zero-order valence-electron chi connectivity index (χ0n) is 14.0. The summed E-state index contributed by atoms with van der Waals surface area (Å²) in [6.07, 6.45) is 3.65. The van der Waals surface area contributed by atoms with E-state index in [0.29, 0.717) is 6.54 Å². The first-order chi connectivity index (χ1) is 11.6. The maximum Gasteiger partial charge on any atom is 0.238 e. The van der Waals surface area contributed by atoms with E-state index in [2.05, 4.69) is 42.5 Å². The largest absolute Gasteiger partial charge is 0.325 e. The van der Waals surface area contributed by atoms with Gasteiger partial charge in [-0.3, -0.25) is 14.7 Å². The number of aromatic nitrogens is 1. The van der Waals surface area contributed by atoms with Crippen LogP contribution >= 0.6 is 28.3 Å². The first kappa shape index (κ1) is 19.8. The fourth-order valence-corrected chi connectivity index (χ4v) is 3.45. The second-order valence-electron chi connectivity index (χ2n) is 5.98. The Morgan fingerprint density at radius 1 is 1.44 bits per heavy atom. The Balaban J connectivity index is 0.00000225. The van der Waals surface area contributed by atoms with Crippen LogP contribution in [0.3, 0.4) is 0 Å². The van der Waals surface area contributed by atoms with Crippen molar-refractivity contribution in [2.45, 2.75) is 13.0 Å². The van der Waals surface area contributed by atoms with E-state index in [1.807, 2.05) is 37.4 Å². The number of hydrogen-bond donors (Lipinski definition) is 2. The Hall–Kier alpha value is -1.47. The molecule has 1 aliphatic rings. The number of carbonyl (C=O) groups is 1. The third kappa shape index (κ3) is 5.25. The maximum atomic E-state index is 12.5. The molecule has 25 heavy (non-hydrogen) atoms. The normalized spacial score (nSPS) is 17.6. The first-order valence-electron chi connectivity index (χ1n) is 8.04. The smallest absolute Gasteiger partial charge is 0.238 e. The van der Waals surface area contributed by atoms with Crippen molar-refractivity contribution in [1.82, 2.24) is 15.2 Å². The van der Waals surface area contributed by atoms with E-state index in [1.165, 1.54) is 0 Å². The predicted octanol–water partition coefficient (Wildman–Crippen LogP) is 3.16. The van der Waals surface area contributed by atoms with Gasteiger partial charge in [-0.15, -0.1) is 12.4 Å². The molecular weight excluding hydrogens is 404 g/mol. The molecule has 2 N–H and O–H groups in total. The Bertz CT molecular complexity index is 713. The summed E-state index contributed by atoms with van der Waals surface area (Å²) >= 11 is 3.44. The average molecular weight is 426 g/mol. The van der Waals surface area contributed by atoms with Crippen molar-refractivity contribution in [1.29, 1.82) is 0 Å². The Labute approximate surface area is 162 Å². The van der Waals surface area contributed by atoms with Gasteiger partial charge in [0.25, 0.3) is 0 Å². The quantitative estimate of drug-likeness (QED) is 0.790. The van der Waals surface area contributed by atoms with Crippen molar-refractivity contribution >= 4 is 39.9 Å². The van der Waals surface area contributed by atoms with E-state index in [4.69, 9.17) is 0 Å². The van der Waals surface area contributed by atoms with Gasteiger partial charge in [0.05, 0.1) is 6.54 Å². The molecule has 1 aliphatic heterocycles. The molecule has 2 heterocycles. The summed E-state index contributed by atoms with van der Waals surface area (Å²) in [5.74, 6) is 0.0104. The van der Waals surface area contributed by atoms with E-state index in [-0.39, 0.29) is 24.4 Å². The summed E-state index contributed by atoms with van der Waals surface area (Å²) in [7, 11) is 0. The van der Waals surface area contributed by atoms with Gasteiger partial charge in [-0.25, -0.2) is 0 Å². The summed E-state index contributed by atoms with van der Waals surface area (Å²) in [6, 6.07) is 10.0. The number of anilines is 1. The lowest BCUT2D eigenvalue weighted by Gasteiger charge is -2.35. The van der Waals surface area contributed by atoms with Gasteiger partial charge in [0.2, 0.25) is 5.91 Å². The van der Waals surface area contributed by atoms with Crippen LogP contribution in [0.15, 0.2) is 47.2 Å². The van der Waals surface area contributed by atoms with Gasteiger partial charge in [-0.2, -0.15) is 0 Å². The molecule has 2 aromatic rings. The highest BCUT2D eigenvalue weighted by Gasteiger charge is 2.25. The van der Waals surface area contributed by atoms with E-state index >= 15 is 0 Å². The molecule has 1 fully saturated rings. The summed E-state index contributed by atoms with van der Waals surface area (Å²) in [6.45, 7) is 4.92. The Kier molecular flexibility index (Phi) is 7.38. The number of aryl methyl sites for hydroxylation is 1. The standard InChI is InChI=1S/C18H21BrN4O.ClH/c1-13-9-15(19)4-5-16(13)22-18(24)12-23-8-7-21-11-17(23)14-3-2-6-20-10-14;/h2-6,9-10,17,21H,7-8,11-12H2,1H3,(H,22,24);1H. The molecule has 1 atom stereocenters. The maximum absolute atomic E-state index is 12.5. The molecular formula is C18H22BrClN4O. The van der Waals surface area contributed by atoms with Crippen LogP contribution in [-0.2, 0) is 4.79 Å². The topological polar surface area (TPSA) is 57.3 Å². The van der Waals surface area contributed by atoms with Crippen molar-refractivity contribution in [2.24, 2.45) is 0 Å². The lowest BCUT2D eigenvalue weighted by Crippen LogP contribution is -2.48. The van der Waals surface area contributed by atoms with Crippen LogP contribution in [0.4, 0.5) is 5.69 Å². The van der Waals surface area contributed by atoms with Gasteiger partial charge >= 0.3 is 0 Å². The number of pyridine rings is 1. The molecule has 1 unspecified atom stereocenters. The molecule has 1 aromatic carbocycles. The van der Waals surface area contributed by atoms with Crippen LogP contribution < -0.4 is 10.6 Å². The average Bonchev–Trinajstić information content (AvgIpc) is 2.59. The summed E-state index contributed by atoms with van der Waals surface area (Å²) in [4.78, 5) is 18.9. The van der Waals surface area contributed by atoms with Crippen molar-refractivity contribution in [3.63, 3.8) is 0 Å². The van der Waals surface area contributed by atoms with Crippen molar-refractivity contribution in [3.05, 3.63) is 58.3 Å². The molecule has 3 rings (SSSR count). The molecule has 1 amide bonds. The summed E-state index contributed by atoms with van der Waals surface area (Å²) in [5.41, 5.74) is 3.04. The molecule has 0 spiro atoms. The third-order valence-corrected chi connectivity index (χ3v) is 4.73. The zero-order valence-corrected chi connectivity index (χ0v) is 16.4. The van der Waals surface area contributed by atoms with Crippen LogP contribution in [-0.4, -0.2) is 42.0 Å². The number of amides is 1. The van der Waals surface area contributed by atoms with Crippen molar-refractivity contribution in [3.8, 4) is 0 Å². The van der Waals surface area contributed by atoms with E-state index in [1.54, 1.807) is 6.20 Å². The fourth-order valence-electron chi connectivity index (χ4n) is 2.98. The van der Waals surface area contributed by atoms with Crippen LogP contribution in [0.25, 0.3) is 0 Å². The monoisotopic (exact) mass is 424 g/mol. The Morgan fingerprint density at radius 2 is 2.28 bits per heavy atom. The number of rotatable bonds is 4. The lowest BCUT2D eigenvalue weighted by atomic mass is 10.1. The van der Waals surface area contributed by atoms with Crippen LogP contribution in [0.2, 0.25) is 0 Å². The molecule has 0 saturated carbocycles. The van der Waals surface area contributed by atoms with Crippen LogP contribution in [0.5, 0.6) is 0 Å². The van der Waals surface area contributed by atoms with E-state index < -0.39 is 0 Å². The van der Waals surface area contributed by atoms with E-state index in [0.717, 1.165) is 40.9 Å². The highest BCUT2D eigenvalue weighted by molar-refractivity contribution is 9.10. The molecule has 0 bridgehead atoms. The fraction of sp³-hybridized carbons (Fsp3) is 0.333. The van der Waals surface area contributed by atoms with Gasteiger partial charge in [0.15, 0.2) is 0 Å². The number of nitrogens with zero attached hydrogens (tertiary/aromatic N) is 2. The zero-order chi connectivity index (χ0) is 16.9. The third-order valence-electron chi connectivity index (χ3n) is 4.23. The number of halogens is 2. The SMILES string of the molecule is Cc1cc(Br)ccc1NC(=O)CN1CCNCC1c1cccnc1.Cl. The van der Waals surface area contributed by atoms with Crippen molar-refractivity contribution < 1.29 is 4.79 Å². The summed E-state index contributed by atoms with van der Waals surface area (Å²) < 4.78 is 1.01. The molecule has 0 aliphatic carbocycles. The second-order valence-corrected chi connectivity index (χ2v) is 6.90. The molecule has 5 nitrogen and oxygen atoms in total. The number of hydrogen-bond acceptors (Lipinski definition) is 4. The minimum atomic E-state index is 0. The van der Waals surface area contributed by atoms with Crippen molar-refractivity contribution in [2.75, 3.05) is 31.5 Å². The van der Waals surface area contributed by atoms with Gasteiger partial charge in [0.1, 0.15) is 0 Å². The van der Waals surface area contributed by atoms with Crippen LogP contribution in [0.1, 0.15) is 17.2 Å². The number of benzene rings is 1. The number of piperazine rings is 1. The molecule has 0 radical (unpaired) electrons. The molecule has 1 aromatic heterocycles. The molecule has 134 valence electrons. The molecule has 7 heteroatoms.